The summed E-state index contributed by atoms with van der Waals surface area (Å²) in [6.45, 7) is 6.05. The van der Waals surface area contributed by atoms with Crippen LogP contribution in [0.3, 0.4) is 0 Å². The highest BCUT2D eigenvalue weighted by Gasteiger charge is 2.29. The predicted molar refractivity (Wildman–Crippen MR) is 92.3 cm³/mol. The Bertz CT molecular complexity index is 676. The van der Waals surface area contributed by atoms with E-state index in [0.717, 1.165) is 12.8 Å². The minimum atomic E-state index is -0.759. The minimum absolute atomic E-state index is 0.0642. The molecule has 1 heterocycles. The summed E-state index contributed by atoms with van der Waals surface area (Å²) in [5, 5.41) is 5.43. The van der Waals surface area contributed by atoms with Crippen molar-refractivity contribution < 1.29 is 18.8 Å². The number of anilines is 1. The van der Waals surface area contributed by atoms with Crippen molar-refractivity contribution in [1.82, 2.24) is 10.2 Å². The van der Waals surface area contributed by atoms with Crippen LogP contribution in [0.5, 0.6) is 0 Å². The largest absolute Gasteiger partial charge is 0.351 e. The van der Waals surface area contributed by atoms with Crippen molar-refractivity contribution in [2.45, 2.75) is 39.7 Å². The van der Waals surface area contributed by atoms with E-state index >= 15 is 0 Å². The number of aryl methyl sites for hydroxylation is 1. The molecule has 2 N–H and O–H groups in total. The number of halogens is 1. The van der Waals surface area contributed by atoms with Crippen LogP contribution >= 0.6 is 0 Å². The zero-order chi connectivity index (χ0) is 18.6. The van der Waals surface area contributed by atoms with Gasteiger partial charge in [0.25, 0.3) is 0 Å². The van der Waals surface area contributed by atoms with Crippen LogP contribution in [0.1, 0.15) is 32.3 Å². The molecule has 0 aromatic heterocycles. The lowest BCUT2D eigenvalue weighted by molar-refractivity contribution is -0.144. The van der Waals surface area contributed by atoms with E-state index in [0.29, 0.717) is 24.3 Å². The van der Waals surface area contributed by atoms with Crippen molar-refractivity contribution in [3.8, 4) is 0 Å². The number of rotatable bonds is 3. The van der Waals surface area contributed by atoms with Gasteiger partial charge in [0, 0.05) is 30.7 Å². The highest BCUT2D eigenvalue weighted by atomic mass is 19.1. The van der Waals surface area contributed by atoms with Crippen LogP contribution in [0.2, 0.25) is 0 Å². The summed E-state index contributed by atoms with van der Waals surface area (Å²) >= 11 is 0. The molecule has 1 saturated heterocycles. The minimum Gasteiger partial charge on any atom is -0.351 e. The molecule has 3 amide bonds. The van der Waals surface area contributed by atoms with Gasteiger partial charge in [-0.15, -0.1) is 0 Å². The van der Waals surface area contributed by atoms with E-state index in [1.54, 1.807) is 20.8 Å². The zero-order valence-electron chi connectivity index (χ0n) is 14.8. The number of piperidine rings is 1. The highest BCUT2D eigenvalue weighted by Crippen LogP contribution is 2.17. The molecule has 0 radical (unpaired) electrons. The molecule has 25 heavy (non-hydrogen) atoms. The van der Waals surface area contributed by atoms with Gasteiger partial charge in [0.1, 0.15) is 5.82 Å². The van der Waals surface area contributed by atoms with Gasteiger partial charge in [0.15, 0.2) is 0 Å². The van der Waals surface area contributed by atoms with Crippen LogP contribution < -0.4 is 10.6 Å². The fourth-order valence-corrected chi connectivity index (χ4v) is 2.73. The lowest BCUT2D eigenvalue weighted by atomic mass is 10.0. The van der Waals surface area contributed by atoms with Crippen molar-refractivity contribution in [3.05, 3.63) is 29.6 Å². The maximum atomic E-state index is 13.1. The second-order valence-electron chi connectivity index (χ2n) is 6.67. The van der Waals surface area contributed by atoms with E-state index in [4.69, 9.17) is 0 Å². The predicted octanol–water partition coefficient (Wildman–Crippen LogP) is 1.84. The molecule has 0 spiro atoms. The molecule has 0 aliphatic carbocycles. The quantitative estimate of drug-likeness (QED) is 0.817. The summed E-state index contributed by atoms with van der Waals surface area (Å²) in [5.41, 5.74) is 0.947. The lowest BCUT2D eigenvalue weighted by Crippen LogP contribution is -2.52. The first-order valence-electron chi connectivity index (χ1n) is 8.44. The molecule has 1 aliphatic rings. The Morgan fingerprint density at radius 2 is 2.00 bits per heavy atom. The van der Waals surface area contributed by atoms with Crippen LogP contribution in [0.25, 0.3) is 0 Å². The number of carbonyl (C=O) groups excluding carboxylic acids is 3. The van der Waals surface area contributed by atoms with Gasteiger partial charge in [-0.05, 0) is 43.5 Å². The molecular weight excluding hydrogens is 325 g/mol. The van der Waals surface area contributed by atoms with Crippen LogP contribution in [0.4, 0.5) is 10.1 Å². The fraction of sp³-hybridized carbons (Fsp3) is 0.500. The third-order valence-electron chi connectivity index (χ3n) is 4.21. The molecule has 2 rings (SSSR count). The highest BCUT2D eigenvalue weighted by molar-refractivity contribution is 6.39. The van der Waals surface area contributed by atoms with Gasteiger partial charge in [-0.3, -0.25) is 14.4 Å². The zero-order valence-corrected chi connectivity index (χ0v) is 14.8. The second-order valence-corrected chi connectivity index (χ2v) is 6.67. The Labute approximate surface area is 146 Å². The van der Waals surface area contributed by atoms with E-state index in [-0.39, 0.29) is 17.9 Å². The Morgan fingerprint density at radius 1 is 1.28 bits per heavy atom. The summed E-state index contributed by atoms with van der Waals surface area (Å²) in [5.74, 6) is -2.00. The van der Waals surface area contributed by atoms with Crippen molar-refractivity contribution in [2.75, 3.05) is 18.4 Å². The Morgan fingerprint density at radius 3 is 2.64 bits per heavy atom. The average molecular weight is 349 g/mol. The molecule has 6 nitrogen and oxygen atoms in total. The first kappa shape index (κ1) is 18.9. The van der Waals surface area contributed by atoms with E-state index in [1.807, 2.05) is 0 Å². The number of amides is 3. The van der Waals surface area contributed by atoms with Gasteiger partial charge in [0.05, 0.1) is 0 Å². The molecule has 1 fully saturated rings. The van der Waals surface area contributed by atoms with E-state index < -0.39 is 17.6 Å². The van der Waals surface area contributed by atoms with Crippen molar-refractivity contribution in [1.29, 1.82) is 0 Å². The molecule has 1 unspecified atom stereocenters. The van der Waals surface area contributed by atoms with Gasteiger partial charge in [-0.25, -0.2) is 4.39 Å². The molecule has 1 aromatic rings. The second kappa shape index (κ2) is 8.09. The van der Waals surface area contributed by atoms with Gasteiger partial charge >= 0.3 is 11.8 Å². The topological polar surface area (TPSA) is 78.5 Å². The lowest BCUT2D eigenvalue weighted by Gasteiger charge is -2.33. The number of hydrogen-bond donors (Lipinski definition) is 2. The third kappa shape index (κ3) is 5.01. The summed E-state index contributed by atoms with van der Waals surface area (Å²) in [7, 11) is 0. The van der Waals surface area contributed by atoms with Crippen LogP contribution in [0.15, 0.2) is 18.2 Å². The first-order chi connectivity index (χ1) is 11.8. The van der Waals surface area contributed by atoms with Gasteiger partial charge in [-0.2, -0.15) is 0 Å². The monoisotopic (exact) mass is 349 g/mol. The SMILES string of the molecule is Cc1cc(F)ccc1NC(=O)C(=O)N1CCCC(NC(=O)C(C)C)C1. The Hall–Kier alpha value is -2.44. The maximum absolute atomic E-state index is 13.1. The number of likely N-dealkylation sites (tertiary alicyclic amines) is 1. The smallest absolute Gasteiger partial charge is 0.313 e. The van der Waals surface area contributed by atoms with Crippen molar-refractivity contribution >= 4 is 23.4 Å². The summed E-state index contributed by atoms with van der Waals surface area (Å²) in [6, 6.07) is 3.80. The summed E-state index contributed by atoms with van der Waals surface area (Å²) in [6.07, 6.45) is 1.50. The Kier molecular flexibility index (Phi) is 6.12. The fourth-order valence-electron chi connectivity index (χ4n) is 2.73. The number of benzene rings is 1. The van der Waals surface area contributed by atoms with E-state index in [2.05, 4.69) is 10.6 Å². The number of nitrogens with zero attached hydrogens (tertiary/aromatic N) is 1. The maximum Gasteiger partial charge on any atom is 0.313 e. The van der Waals surface area contributed by atoms with Crippen LogP contribution in [0, 0.1) is 18.7 Å². The molecule has 0 saturated carbocycles. The van der Waals surface area contributed by atoms with Gasteiger partial charge in [0.2, 0.25) is 5.91 Å². The van der Waals surface area contributed by atoms with E-state index in [1.165, 1.54) is 23.1 Å². The van der Waals surface area contributed by atoms with E-state index in [9.17, 15) is 18.8 Å². The normalized spacial score (nSPS) is 17.3. The molecular formula is C18H24FN3O3. The number of hydrogen-bond acceptors (Lipinski definition) is 3. The molecule has 0 bridgehead atoms. The number of nitrogens with one attached hydrogen (secondary N) is 2. The summed E-state index contributed by atoms with van der Waals surface area (Å²) in [4.78, 5) is 37.8. The molecule has 7 heteroatoms. The van der Waals surface area contributed by atoms with Crippen molar-refractivity contribution in [2.24, 2.45) is 5.92 Å². The van der Waals surface area contributed by atoms with Crippen LogP contribution in [-0.2, 0) is 14.4 Å². The summed E-state index contributed by atoms with van der Waals surface area (Å²) < 4.78 is 13.1. The van der Waals surface area contributed by atoms with Gasteiger partial charge in [-0.1, -0.05) is 13.8 Å². The molecule has 136 valence electrons. The van der Waals surface area contributed by atoms with Crippen molar-refractivity contribution in [3.63, 3.8) is 0 Å². The number of carbonyl (C=O) groups is 3. The molecule has 1 aromatic carbocycles. The standard InChI is InChI=1S/C18H24FN3O3/c1-11(2)16(23)20-14-5-4-8-22(10-14)18(25)17(24)21-15-7-6-13(19)9-12(15)3/h6-7,9,11,14H,4-5,8,10H2,1-3H3,(H,20,23)(H,21,24). The van der Waals surface area contributed by atoms with Gasteiger partial charge < -0.3 is 15.5 Å². The molecule has 1 atom stereocenters. The Balaban J connectivity index is 1.96. The first-order valence-corrected chi connectivity index (χ1v) is 8.44. The third-order valence-corrected chi connectivity index (χ3v) is 4.21. The van der Waals surface area contributed by atoms with Crippen LogP contribution in [-0.4, -0.2) is 41.8 Å². The average Bonchev–Trinajstić information content (AvgIpc) is 2.56. The molecule has 1 aliphatic heterocycles.